The Labute approximate surface area is 130 Å². The van der Waals surface area contributed by atoms with Crippen LogP contribution in [-0.4, -0.2) is 33.4 Å². The van der Waals surface area contributed by atoms with Crippen molar-refractivity contribution in [2.75, 3.05) is 18.8 Å². The fourth-order valence-corrected chi connectivity index (χ4v) is 8.12. The number of rotatable bonds is 5. The Morgan fingerprint density at radius 2 is 1.85 bits per heavy atom. The topological polar surface area (TPSA) is 79.2 Å². The molecular weight excluding hydrogens is 358 g/mol. The predicted molar refractivity (Wildman–Crippen MR) is 91.7 cm³/mol. The summed E-state index contributed by atoms with van der Waals surface area (Å²) in [4.78, 5) is 30.0. The highest BCUT2D eigenvalue weighted by Gasteiger charge is 2.28. The van der Waals surface area contributed by atoms with Crippen LogP contribution in [0.4, 0.5) is 0 Å². The smallest absolute Gasteiger partial charge is 0.341 e. The molecule has 0 fully saturated rings. The van der Waals surface area contributed by atoms with Crippen LogP contribution in [0, 0.1) is 6.92 Å². The molecule has 0 heterocycles. The molecule has 0 aliphatic carbocycles. The zero-order valence-corrected chi connectivity index (χ0v) is 15.7. The van der Waals surface area contributed by atoms with Gasteiger partial charge in [0.25, 0.3) is 0 Å². The summed E-state index contributed by atoms with van der Waals surface area (Å²) in [6, 6.07) is 5.35. The predicted octanol–water partition coefficient (Wildman–Crippen LogP) is 2.87. The second-order valence-electron chi connectivity index (χ2n) is 4.04. The first-order valence-corrected chi connectivity index (χ1v) is 13.5. The summed E-state index contributed by atoms with van der Waals surface area (Å²) >= 11 is 6.03. The van der Waals surface area contributed by atoms with Crippen molar-refractivity contribution >= 4 is 47.1 Å². The van der Waals surface area contributed by atoms with Gasteiger partial charge in [-0.2, -0.15) is 0 Å². The molecule has 116 valence electrons. The van der Waals surface area contributed by atoms with Gasteiger partial charge in [-0.25, -0.2) is 4.31 Å². The number of thioether (sulfide) groups is 1. The van der Waals surface area contributed by atoms with Gasteiger partial charge in [-0.3, -0.25) is 0 Å². The third-order valence-electron chi connectivity index (χ3n) is 2.26. The van der Waals surface area contributed by atoms with Crippen LogP contribution in [0.5, 0.6) is 5.75 Å². The van der Waals surface area contributed by atoms with Crippen LogP contribution in [0.3, 0.4) is 0 Å². The first kappa shape index (κ1) is 18.7. The van der Waals surface area contributed by atoms with E-state index < -0.39 is 23.5 Å². The van der Waals surface area contributed by atoms with Gasteiger partial charge in [0.05, 0.1) is 0 Å². The summed E-state index contributed by atoms with van der Waals surface area (Å²) in [5, 5.41) is 0. The van der Waals surface area contributed by atoms with Crippen molar-refractivity contribution in [3.8, 4) is 5.75 Å². The molecule has 1 atom stereocenters. The molecule has 0 amide bonds. The SMILES string of the molecule is CSc1ccc(OP(O)(OP(O)(O)=S)=S(C)C)cc1C. The van der Waals surface area contributed by atoms with Crippen molar-refractivity contribution in [2.24, 2.45) is 0 Å². The normalized spacial score (nSPS) is 15.2. The molecule has 0 aromatic heterocycles. The second kappa shape index (κ2) is 7.27. The highest BCUT2D eigenvalue weighted by molar-refractivity contribution is 8.29. The first-order valence-electron chi connectivity index (χ1n) is 5.38. The van der Waals surface area contributed by atoms with Gasteiger partial charge in [-0.1, -0.05) is 0 Å². The standard InChI is InChI=1S/C10H18O5P2S3/c1-8-7-9(5-6-10(8)19-2)14-17(13,20(3)4)15-16(11,12)18/h5-7,13H,1-4H3,(H2,11,12,18). The lowest BCUT2D eigenvalue weighted by atomic mass is 10.2. The molecule has 0 bridgehead atoms. The minimum absolute atomic E-state index is 0.417. The monoisotopic (exact) mass is 376 g/mol. The van der Waals surface area contributed by atoms with Crippen molar-refractivity contribution in [1.82, 2.24) is 0 Å². The van der Waals surface area contributed by atoms with E-state index >= 15 is 0 Å². The zero-order chi connectivity index (χ0) is 15.6. The van der Waals surface area contributed by atoms with E-state index in [1.165, 1.54) is 0 Å². The fraction of sp³-hybridized carbons (Fsp3) is 0.400. The summed E-state index contributed by atoms with van der Waals surface area (Å²) < 4.78 is 10.4. The van der Waals surface area contributed by atoms with Gasteiger partial charge in [0.2, 0.25) is 0 Å². The Morgan fingerprint density at radius 1 is 1.25 bits per heavy atom. The van der Waals surface area contributed by atoms with E-state index in [0.29, 0.717) is 5.75 Å². The molecule has 0 spiro atoms. The summed E-state index contributed by atoms with van der Waals surface area (Å²) in [5.74, 6) is 0.417. The fourth-order valence-electron chi connectivity index (χ4n) is 1.33. The molecule has 0 aliphatic rings. The van der Waals surface area contributed by atoms with Gasteiger partial charge in [-0.15, -0.1) is 21.8 Å². The van der Waals surface area contributed by atoms with Crippen LogP contribution in [0.2, 0.25) is 0 Å². The van der Waals surface area contributed by atoms with Gasteiger partial charge >= 0.3 is 13.4 Å². The third-order valence-corrected chi connectivity index (χ3v) is 10.4. The molecule has 20 heavy (non-hydrogen) atoms. The molecule has 10 heteroatoms. The van der Waals surface area contributed by atoms with Crippen molar-refractivity contribution in [2.45, 2.75) is 11.8 Å². The van der Waals surface area contributed by atoms with E-state index in [9.17, 15) is 14.7 Å². The van der Waals surface area contributed by atoms with E-state index in [1.54, 1.807) is 36.4 Å². The maximum absolute atomic E-state index is 10.4. The van der Waals surface area contributed by atoms with E-state index in [-0.39, 0.29) is 0 Å². The molecule has 0 aliphatic heterocycles. The maximum Gasteiger partial charge on any atom is 0.341 e. The van der Waals surface area contributed by atoms with Crippen LogP contribution >= 0.6 is 25.2 Å². The molecule has 1 unspecified atom stereocenters. The van der Waals surface area contributed by atoms with Crippen molar-refractivity contribution in [1.29, 1.82) is 0 Å². The summed E-state index contributed by atoms with van der Waals surface area (Å²) in [5.41, 5.74) is 1.00. The number of hydrogen-bond acceptors (Lipinski definition) is 4. The molecule has 1 aromatic rings. The molecule has 5 nitrogen and oxygen atoms in total. The third kappa shape index (κ3) is 5.44. The average Bonchev–Trinajstić information content (AvgIpc) is 2.26. The van der Waals surface area contributed by atoms with Gasteiger partial charge in [0, 0.05) is 4.90 Å². The molecule has 0 saturated heterocycles. The molecule has 0 radical (unpaired) electrons. The average molecular weight is 376 g/mol. The molecule has 1 aromatic carbocycles. The van der Waals surface area contributed by atoms with Gasteiger partial charge in [0.15, 0.2) is 0 Å². The van der Waals surface area contributed by atoms with Gasteiger partial charge in [0.1, 0.15) is 5.75 Å². The van der Waals surface area contributed by atoms with Crippen molar-refractivity contribution in [3.05, 3.63) is 23.8 Å². The van der Waals surface area contributed by atoms with Crippen molar-refractivity contribution in [3.63, 3.8) is 0 Å². The van der Waals surface area contributed by atoms with E-state index in [0.717, 1.165) is 10.5 Å². The first-order chi connectivity index (χ1) is 9.07. The summed E-state index contributed by atoms with van der Waals surface area (Å²) in [6.45, 7) is -5.53. The lowest BCUT2D eigenvalue weighted by molar-refractivity contribution is 0.323. The summed E-state index contributed by atoms with van der Waals surface area (Å²) in [6.07, 6.45) is 5.36. The number of aryl methyl sites for hydroxylation is 1. The van der Waals surface area contributed by atoms with E-state index in [1.807, 2.05) is 19.2 Å². The Bertz CT molecular complexity index is 595. The Morgan fingerprint density at radius 3 is 2.25 bits per heavy atom. The largest absolute Gasteiger partial charge is 0.428 e. The van der Waals surface area contributed by atoms with Gasteiger partial charge < -0.3 is 19.2 Å². The Kier molecular flexibility index (Phi) is 6.79. The lowest BCUT2D eigenvalue weighted by Gasteiger charge is -2.24. The molecule has 0 saturated carbocycles. The number of benzene rings is 1. The zero-order valence-electron chi connectivity index (χ0n) is 11.5. The van der Waals surface area contributed by atoms with Crippen LogP contribution in [0.25, 0.3) is 0 Å². The second-order valence-corrected chi connectivity index (χ2v) is 14.2. The minimum Gasteiger partial charge on any atom is -0.428 e. The minimum atomic E-state index is -3.99. The molecule has 3 N–H and O–H groups in total. The highest BCUT2D eigenvalue weighted by atomic mass is 32.5. The van der Waals surface area contributed by atoms with Crippen LogP contribution < -0.4 is 4.52 Å². The lowest BCUT2D eigenvalue weighted by Crippen LogP contribution is -2.02. The Hall–Kier alpha value is 0.640. The van der Waals surface area contributed by atoms with Crippen LogP contribution in [-0.2, 0) is 26.2 Å². The molecule has 1 rings (SSSR count). The van der Waals surface area contributed by atoms with Crippen molar-refractivity contribution < 1.29 is 23.5 Å². The maximum atomic E-state index is 10.4. The summed E-state index contributed by atoms with van der Waals surface area (Å²) in [7, 11) is -0.722. The van der Waals surface area contributed by atoms with Crippen LogP contribution in [0.15, 0.2) is 23.1 Å². The Balaban J connectivity index is 3.13. The number of hydrogen-bond donors (Lipinski definition) is 3. The quantitative estimate of drug-likeness (QED) is 0.539. The van der Waals surface area contributed by atoms with E-state index in [2.05, 4.69) is 11.8 Å². The van der Waals surface area contributed by atoms with Gasteiger partial charge in [-0.05, 0) is 61.3 Å². The highest BCUT2D eigenvalue weighted by Crippen LogP contribution is 2.60. The van der Waals surface area contributed by atoms with Crippen LogP contribution in [0.1, 0.15) is 5.56 Å². The molecular formula is C10H18O5P2S3. The van der Waals surface area contributed by atoms with E-state index in [4.69, 9.17) is 8.83 Å².